The molecule has 0 aromatic heterocycles. The van der Waals surface area contributed by atoms with Crippen LogP contribution >= 0.6 is 0 Å². The summed E-state index contributed by atoms with van der Waals surface area (Å²) >= 11 is 0. The van der Waals surface area contributed by atoms with Crippen molar-refractivity contribution in [2.45, 2.75) is 71.6 Å². The van der Waals surface area contributed by atoms with Gasteiger partial charge in [-0.25, -0.2) is 0 Å². The molecule has 2 aromatic carbocycles. The van der Waals surface area contributed by atoms with E-state index in [1.54, 1.807) is 12.3 Å². The molecule has 0 saturated carbocycles. The van der Waals surface area contributed by atoms with Crippen LogP contribution in [-0.4, -0.2) is 17.9 Å². The molecule has 2 aromatic rings. The third-order valence-electron chi connectivity index (χ3n) is 4.88. The first-order valence-electron chi connectivity index (χ1n) is 10.8. The summed E-state index contributed by atoms with van der Waals surface area (Å²) in [6.07, 6.45) is 12.7. The summed E-state index contributed by atoms with van der Waals surface area (Å²) in [5.41, 5.74) is 2.95. The van der Waals surface area contributed by atoms with E-state index in [0.29, 0.717) is 17.9 Å². The fraction of sp³-hybridized carbons (Fsp3) is 0.480. The second-order valence-corrected chi connectivity index (χ2v) is 7.37. The lowest BCUT2D eigenvalue weighted by Crippen LogP contribution is -1.97. The van der Waals surface area contributed by atoms with Gasteiger partial charge in [0.25, 0.3) is 0 Å². The highest BCUT2D eigenvalue weighted by Gasteiger charge is 2.02. The second kappa shape index (κ2) is 13.0. The van der Waals surface area contributed by atoms with E-state index in [4.69, 9.17) is 4.74 Å². The standard InChI is InChI=1S/C25H35NO2/c1-3-5-7-9-11-21-12-15-23(16-13-21)26-20-22-14-17-24(19-25(22)27)28-18-10-8-6-4-2/h12-17,19-20,27H,3-11,18H2,1-2H3. The third kappa shape index (κ3) is 8.16. The van der Waals surface area contributed by atoms with Gasteiger partial charge in [0.1, 0.15) is 11.5 Å². The molecule has 28 heavy (non-hydrogen) atoms. The highest BCUT2D eigenvalue weighted by molar-refractivity contribution is 5.85. The van der Waals surface area contributed by atoms with Gasteiger partial charge >= 0.3 is 0 Å². The Morgan fingerprint density at radius 3 is 2.25 bits per heavy atom. The van der Waals surface area contributed by atoms with Crippen molar-refractivity contribution in [2.75, 3.05) is 6.61 Å². The predicted molar refractivity (Wildman–Crippen MR) is 119 cm³/mol. The summed E-state index contributed by atoms with van der Waals surface area (Å²) in [5.74, 6) is 0.904. The van der Waals surface area contributed by atoms with Crippen LogP contribution in [0.5, 0.6) is 11.5 Å². The SMILES string of the molecule is CCCCCCOc1ccc(C=Nc2ccc(CCCCCC)cc2)c(O)c1. The van der Waals surface area contributed by atoms with E-state index in [1.807, 2.05) is 24.3 Å². The normalized spacial score (nSPS) is 11.2. The van der Waals surface area contributed by atoms with Gasteiger partial charge in [-0.05, 0) is 49.1 Å². The van der Waals surface area contributed by atoms with Crippen LogP contribution in [0, 0.1) is 0 Å². The second-order valence-electron chi connectivity index (χ2n) is 7.37. The van der Waals surface area contributed by atoms with E-state index in [9.17, 15) is 5.11 Å². The molecule has 0 aliphatic carbocycles. The molecule has 3 nitrogen and oxygen atoms in total. The quantitative estimate of drug-likeness (QED) is 0.294. The molecule has 0 unspecified atom stereocenters. The minimum Gasteiger partial charge on any atom is -0.507 e. The van der Waals surface area contributed by atoms with Crippen LogP contribution in [0.15, 0.2) is 47.5 Å². The topological polar surface area (TPSA) is 41.8 Å². The minimum atomic E-state index is 0.197. The van der Waals surface area contributed by atoms with Crippen molar-refractivity contribution in [3.63, 3.8) is 0 Å². The van der Waals surface area contributed by atoms with Crippen molar-refractivity contribution in [1.29, 1.82) is 0 Å². The first kappa shape index (κ1) is 22.0. The number of unbranched alkanes of at least 4 members (excludes halogenated alkanes) is 6. The van der Waals surface area contributed by atoms with Crippen LogP contribution in [0.4, 0.5) is 5.69 Å². The number of aryl methyl sites for hydroxylation is 1. The Hall–Kier alpha value is -2.29. The van der Waals surface area contributed by atoms with Crippen molar-refractivity contribution < 1.29 is 9.84 Å². The van der Waals surface area contributed by atoms with Crippen LogP contribution in [0.3, 0.4) is 0 Å². The molecule has 0 atom stereocenters. The largest absolute Gasteiger partial charge is 0.507 e. The lowest BCUT2D eigenvalue weighted by atomic mass is 10.1. The van der Waals surface area contributed by atoms with Crippen molar-refractivity contribution in [2.24, 2.45) is 4.99 Å². The highest BCUT2D eigenvalue weighted by Crippen LogP contribution is 2.24. The van der Waals surface area contributed by atoms with Gasteiger partial charge in [-0.15, -0.1) is 0 Å². The zero-order valence-electron chi connectivity index (χ0n) is 17.5. The lowest BCUT2D eigenvalue weighted by molar-refractivity contribution is 0.303. The van der Waals surface area contributed by atoms with Gasteiger partial charge in [0.05, 0.1) is 12.3 Å². The maximum absolute atomic E-state index is 10.2. The van der Waals surface area contributed by atoms with Crippen molar-refractivity contribution in [1.82, 2.24) is 0 Å². The molecule has 1 N–H and O–H groups in total. The van der Waals surface area contributed by atoms with E-state index in [-0.39, 0.29) is 5.75 Å². The number of phenolic OH excluding ortho intramolecular Hbond substituents is 1. The Bertz CT molecular complexity index is 707. The Labute approximate surface area is 170 Å². The van der Waals surface area contributed by atoms with Crippen molar-refractivity contribution in [3.8, 4) is 11.5 Å². The summed E-state index contributed by atoms with van der Waals surface area (Å²) in [7, 11) is 0. The Kier molecular flexibility index (Phi) is 10.2. The molecule has 3 heteroatoms. The van der Waals surface area contributed by atoms with Crippen LogP contribution in [0.1, 0.15) is 76.3 Å². The summed E-state index contributed by atoms with van der Waals surface area (Å²) in [6.45, 7) is 5.12. The molecule has 0 aliphatic rings. The molecule has 0 bridgehead atoms. The molecule has 0 heterocycles. The smallest absolute Gasteiger partial charge is 0.128 e. The average Bonchev–Trinajstić information content (AvgIpc) is 2.71. The number of phenols is 1. The fourth-order valence-electron chi connectivity index (χ4n) is 3.09. The van der Waals surface area contributed by atoms with E-state index in [1.165, 1.54) is 50.5 Å². The molecule has 0 amide bonds. The van der Waals surface area contributed by atoms with Crippen molar-refractivity contribution in [3.05, 3.63) is 53.6 Å². The maximum atomic E-state index is 10.2. The van der Waals surface area contributed by atoms with Gasteiger partial charge in [-0.3, -0.25) is 4.99 Å². The first-order valence-corrected chi connectivity index (χ1v) is 10.8. The number of aromatic hydroxyl groups is 1. The number of nitrogens with zero attached hydrogens (tertiary/aromatic N) is 1. The number of ether oxygens (including phenoxy) is 1. The zero-order valence-corrected chi connectivity index (χ0v) is 17.5. The number of benzene rings is 2. The van der Waals surface area contributed by atoms with Crippen LogP contribution in [-0.2, 0) is 6.42 Å². The molecule has 152 valence electrons. The summed E-state index contributed by atoms with van der Waals surface area (Å²) in [5, 5.41) is 10.2. The van der Waals surface area contributed by atoms with Gasteiger partial charge in [-0.1, -0.05) is 64.5 Å². The molecule has 0 saturated heterocycles. The highest BCUT2D eigenvalue weighted by atomic mass is 16.5. The Balaban J connectivity index is 1.84. The van der Waals surface area contributed by atoms with E-state index < -0.39 is 0 Å². The number of hydrogen-bond donors (Lipinski definition) is 1. The summed E-state index contributed by atoms with van der Waals surface area (Å²) in [4.78, 5) is 4.49. The lowest BCUT2D eigenvalue weighted by Gasteiger charge is -2.07. The minimum absolute atomic E-state index is 0.197. The number of hydrogen-bond acceptors (Lipinski definition) is 3. The molecule has 0 spiro atoms. The Morgan fingerprint density at radius 1 is 0.857 bits per heavy atom. The molecule has 2 rings (SSSR count). The van der Waals surface area contributed by atoms with E-state index in [2.05, 4.69) is 31.0 Å². The van der Waals surface area contributed by atoms with Crippen LogP contribution < -0.4 is 4.74 Å². The van der Waals surface area contributed by atoms with Crippen LogP contribution in [0.2, 0.25) is 0 Å². The van der Waals surface area contributed by atoms with Gasteiger partial charge in [0.15, 0.2) is 0 Å². The van der Waals surface area contributed by atoms with Gasteiger partial charge in [0, 0.05) is 17.8 Å². The molecule has 0 radical (unpaired) electrons. The maximum Gasteiger partial charge on any atom is 0.128 e. The monoisotopic (exact) mass is 381 g/mol. The molecular formula is C25H35NO2. The fourth-order valence-corrected chi connectivity index (χ4v) is 3.09. The Morgan fingerprint density at radius 2 is 1.57 bits per heavy atom. The first-order chi connectivity index (χ1) is 13.7. The van der Waals surface area contributed by atoms with Crippen molar-refractivity contribution >= 4 is 11.9 Å². The zero-order chi connectivity index (χ0) is 20.0. The molecule has 0 aliphatic heterocycles. The van der Waals surface area contributed by atoms with Gasteiger partial charge in [-0.2, -0.15) is 0 Å². The average molecular weight is 382 g/mol. The van der Waals surface area contributed by atoms with Gasteiger partial charge in [0.2, 0.25) is 0 Å². The summed E-state index contributed by atoms with van der Waals surface area (Å²) < 4.78 is 5.71. The number of aliphatic imine (C=N–C) groups is 1. The molecular weight excluding hydrogens is 346 g/mol. The summed E-state index contributed by atoms with van der Waals surface area (Å²) in [6, 6.07) is 13.8. The van der Waals surface area contributed by atoms with E-state index in [0.717, 1.165) is 18.5 Å². The third-order valence-corrected chi connectivity index (χ3v) is 4.88. The number of rotatable bonds is 13. The van der Waals surface area contributed by atoms with Crippen LogP contribution in [0.25, 0.3) is 0 Å². The molecule has 0 fully saturated rings. The van der Waals surface area contributed by atoms with Gasteiger partial charge < -0.3 is 9.84 Å². The van der Waals surface area contributed by atoms with E-state index >= 15 is 0 Å². The predicted octanol–water partition coefficient (Wildman–Crippen LogP) is 7.22.